The van der Waals surface area contributed by atoms with E-state index in [4.69, 9.17) is 14.5 Å². The van der Waals surface area contributed by atoms with Crippen LogP contribution in [0.15, 0.2) is 63.7 Å². The molecule has 1 aliphatic rings. The maximum atomic E-state index is 13.4. The molecule has 1 aliphatic heterocycles. The number of thioether (sulfide) groups is 1. The highest BCUT2D eigenvalue weighted by molar-refractivity contribution is 8.00. The highest BCUT2D eigenvalue weighted by Gasteiger charge is 2.22. The summed E-state index contributed by atoms with van der Waals surface area (Å²) in [5.41, 5.74) is 1.38. The van der Waals surface area contributed by atoms with Gasteiger partial charge in [0.2, 0.25) is 12.7 Å². The Bertz CT molecular complexity index is 1410. The van der Waals surface area contributed by atoms with Gasteiger partial charge in [0.05, 0.1) is 10.6 Å². The molecule has 0 bridgehead atoms. The fraction of sp³-hybridized carbons (Fsp3) is 0.174. The Kier molecular flexibility index (Phi) is 5.96. The van der Waals surface area contributed by atoms with Crippen molar-refractivity contribution in [2.75, 3.05) is 12.1 Å². The normalized spacial score (nSPS) is 13.2. The lowest BCUT2D eigenvalue weighted by molar-refractivity contribution is -0.115. The van der Waals surface area contributed by atoms with Gasteiger partial charge in [-0.3, -0.25) is 14.2 Å². The van der Waals surface area contributed by atoms with Crippen LogP contribution >= 0.6 is 34.4 Å². The molecule has 0 saturated carbocycles. The molecule has 5 rings (SSSR count). The molecule has 0 radical (unpaired) electrons. The van der Waals surface area contributed by atoms with E-state index < -0.39 is 5.25 Å². The van der Waals surface area contributed by atoms with E-state index in [0.29, 0.717) is 39.1 Å². The Balaban J connectivity index is 1.43. The topological polar surface area (TPSA) is 82.5 Å². The Hall–Kier alpha value is -3.08. The fourth-order valence-corrected chi connectivity index (χ4v) is 6.15. The van der Waals surface area contributed by atoms with E-state index >= 15 is 0 Å². The third-order valence-electron chi connectivity index (χ3n) is 5.05. The maximum absolute atomic E-state index is 13.4. The molecule has 0 saturated heterocycles. The number of benzene rings is 1. The largest absolute Gasteiger partial charge is 0.454 e. The van der Waals surface area contributed by atoms with Gasteiger partial charge in [-0.25, -0.2) is 4.98 Å². The van der Waals surface area contributed by atoms with Crippen molar-refractivity contribution in [2.45, 2.75) is 23.9 Å². The number of hydrogen-bond donors (Lipinski definition) is 1. The summed E-state index contributed by atoms with van der Waals surface area (Å²) in [6.45, 7) is 6.05. The lowest BCUT2D eigenvalue weighted by Gasteiger charge is -2.15. The third-order valence-corrected chi connectivity index (χ3v) is 7.91. The second-order valence-electron chi connectivity index (χ2n) is 7.22. The number of nitrogens with one attached hydrogen (secondary N) is 1. The first-order valence-corrected chi connectivity index (χ1v) is 12.7. The van der Waals surface area contributed by atoms with Gasteiger partial charge in [-0.2, -0.15) is 0 Å². The van der Waals surface area contributed by atoms with Crippen molar-refractivity contribution >= 4 is 56.2 Å². The van der Waals surface area contributed by atoms with Gasteiger partial charge < -0.3 is 14.8 Å². The number of anilines is 1. The Morgan fingerprint density at radius 2 is 2.18 bits per heavy atom. The van der Waals surface area contributed by atoms with Crippen LogP contribution in [0, 0.1) is 0 Å². The molecule has 1 unspecified atom stereocenters. The van der Waals surface area contributed by atoms with Gasteiger partial charge in [0.15, 0.2) is 16.7 Å². The average Bonchev–Trinajstić information content (AvgIpc) is 3.56. The minimum absolute atomic E-state index is 0.129. The number of allylic oxidation sites excluding steroid dienone is 1. The summed E-state index contributed by atoms with van der Waals surface area (Å²) in [6, 6.07) is 9.21. The van der Waals surface area contributed by atoms with Crippen LogP contribution in [0.1, 0.15) is 6.92 Å². The van der Waals surface area contributed by atoms with Crippen molar-refractivity contribution in [1.29, 1.82) is 0 Å². The van der Waals surface area contributed by atoms with E-state index in [0.717, 1.165) is 10.4 Å². The Labute approximate surface area is 201 Å². The van der Waals surface area contributed by atoms with Crippen LogP contribution in [-0.4, -0.2) is 27.5 Å². The first-order chi connectivity index (χ1) is 16.0. The number of thiophene rings is 2. The van der Waals surface area contributed by atoms with Gasteiger partial charge >= 0.3 is 0 Å². The van der Waals surface area contributed by atoms with Crippen LogP contribution in [0.4, 0.5) is 5.69 Å². The monoisotopic (exact) mass is 497 g/mol. The summed E-state index contributed by atoms with van der Waals surface area (Å²) in [7, 11) is 0. The number of rotatable bonds is 7. The van der Waals surface area contributed by atoms with E-state index in [2.05, 4.69) is 11.9 Å². The van der Waals surface area contributed by atoms with E-state index in [1.807, 2.05) is 22.9 Å². The molecule has 7 nitrogen and oxygen atoms in total. The Morgan fingerprint density at radius 1 is 1.33 bits per heavy atom. The SMILES string of the molecule is C=CCn1c(SC(C)C(=O)Nc2ccc3c(c2)OCO3)nc2scc(-c3cccs3)c2c1=O. The molecule has 10 heteroatoms. The summed E-state index contributed by atoms with van der Waals surface area (Å²) < 4.78 is 12.3. The quantitative estimate of drug-likeness (QED) is 0.214. The zero-order chi connectivity index (χ0) is 22.9. The van der Waals surface area contributed by atoms with E-state index in [-0.39, 0.29) is 18.3 Å². The molecule has 4 aromatic rings. The molecule has 33 heavy (non-hydrogen) atoms. The standard InChI is InChI=1S/C23H19N3O4S3/c1-3-8-26-22(28)19-15(18-5-4-9-31-18)11-32-21(19)25-23(26)33-13(2)20(27)24-14-6-7-16-17(10-14)30-12-29-16/h3-7,9-11,13H,1,8,12H2,2H3,(H,24,27). The molecule has 1 N–H and O–H groups in total. The number of nitrogens with zero attached hydrogens (tertiary/aromatic N) is 2. The predicted octanol–water partition coefficient (Wildman–Crippen LogP) is 5.22. The molecule has 0 aliphatic carbocycles. The number of hydrogen-bond acceptors (Lipinski definition) is 8. The smallest absolute Gasteiger partial charge is 0.263 e. The molecule has 3 aromatic heterocycles. The molecule has 0 spiro atoms. The molecule has 1 atom stereocenters. The van der Waals surface area contributed by atoms with E-state index in [1.165, 1.54) is 23.1 Å². The third kappa shape index (κ3) is 4.17. The predicted molar refractivity (Wildman–Crippen MR) is 134 cm³/mol. The van der Waals surface area contributed by atoms with Crippen molar-refractivity contribution < 1.29 is 14.3 Å². The summed E-state index contributed by atoms with van der Waals surface area (Å²) in [5, 5.41) is 7.44. The first kappa shape index (κ1) is 21.7. The van der Waals surface area contributed by atoms with Crippen LogP contribution < -0.4 is 20.3 Å². The maximum Gasteiger partial charge on any atom is 0.263 e. The molecule has 1 amide bonds. The van der Waals surface area contributed by atoms with Crippen LogP contribution in [0.25, 0.3) is 20.7 Å². The molecule has 1 aromatic carbocycles. The van der Waals surface area contributed by atoms with Crippen molar-refractivity contribution in [2.24, 2.45) is 0 Å². The van der Waals surface area contributed by atoms with Gasteiger partial charge in [0.25, 0.3) is 5.56 Å². The summed E-state index contributed by atoms with van der Waals surface area (Å²) >= 11 is 4.26. The lowest BCUT2D eigenvalue weighted by atomic mass is 10.2. The van der Waals surface area contributed by atoms with Crippen molar-refractivity contribution in [1.82, 2.24) is 9.55 Å². The fourth-order valence-electron chi connectivity index (χ4n) is 3.43. The van der Waals surface area contributed by atoms with Crippen molar-refractivity contribution in [3.05, 3.63) is 64.1 Å². The zero-order valence-corrected chi connectivity index (χ0v) is 20.0. The van der Waals surface area contributed by atoms with Gasteiger partial charge in [0.1, 0.15) is 4.83 Å². The second-order valence-corrected chi connectivity index (χ2v) is 10.3. The van der Waals surface area contributed by atoms with Gasteiger partial charge in [-0.15, -0.1) is 29.3 Å². The Morgan fingerprint density at radius 3 is 2.97 bits per heavy atom. The number of amides is 1. The van der Waals surface area contributed by atoms with Gasteiger partial charge in [-0.1, -0.05) is 23.9 Å². The summed E-state index contributed by atoms with van der Waals surface area (Å²) in [5.74, 6) is 1.04. The number of aromatic nitrogens is 2. The first-order valence-electron chi connectivity index (χ1n) is 10.1. The minimum Gasteiger partial charge on any atom is -0.454 e. The highest BCUT2D eigenvalue weighted by Crippen LogP contribution is 2.36. The van der Waals surface area contributed by atoms with Crippen LogP contribution in [0.2, 0.25) is 0 Å². The van der Waals surface area contributed by atoms with E-state index in [9.17, 15) is 9.59 Å². The van der Waals surface area contributed by atoms with Crippen LogP contribution in [0.5, 0.6) is 11.5 Å². The van der Waals surface area contributed by atoms with Crippen LogP contribution in [0.3, 0.4) is 0 Å². The van der Waals surface area contributed by atoms with Gasteiger partial charge in [-0.05, 0) is 30.5 Å². The second kappa shape index (κ2) is 9.05. The number of fused-ring (bicyclic) bond motifs is 2. The molecule has 0 fully saturated rings. The van der Waals surface area contributed by atoms with Gasteiger partial charge in [0, 0.05) is 34.1 Å². The molecule has 4 heterocycles. The minimum atomic E-state index is -0.493. The van der Waals surface area contributed by atoms with E-state index in [1.54, 1.807) is 47.1 Å². The molecular formula is C23H19N3O4S3. The molecular weight excluding hydrogens is 478 g/mol. The number of ether oxygens (including phenoxy) is 2. The zero-order valence-electron chi connectivity index (χ0n) is 17.6. The number of carbonyl (C=O) groups is 1. The summed E-state index contributed by atoms with van der Waals surface area (Å²) in [6.07, 6.45) is 1.66. The highest BCUT2D eigenvalue weighted by atomic mass is 32.2. The van der Waals surface area contributed by atoms with Crippen molar-refractivity contribution in [3.63, 3.8) is 0 Å². The molecule has 168 valence electrons. The van der Waals surface area contributed by atoms with Crippen molar-refractivity contribution in [3.8, 4) is 21.9 Å². The van der Waals surface area contributed by atoms with Crippen LogP contribution in [-0.2, 0) is 11.3 Å². The lowest BCUT2D eigenvalue weighted by Crippen LogP contribution is -2.26. The summed E-state index contributed by atoms with van der Waals surface area (Å²) in [4.78, 5) is 32.7. The average molecular weight is 498 g/mol. The number of carbonyl (C=O) groups excluding carboxylic acids is 1.